The highest BCUT2D eigenvalue weighted by Gasteiger charge is 2.16. The van der Waals surface area contributed by atoms with Crippen molar-refractivity contribution in [2.24, 2.45) is 0 Å². The van der Waals surface area contributed by atoms with Crippen LogP contribution < -0.4 is 9.47 Å². The number of esters is 1. The molecule has 0 atom stereocenters. The fraction of sp³-hybridized carbons (Fsp3) is 0.222. The molecule has 0 aliphatic heterocycles. The Morgan fingerprint density at radius 3 is 2.26 bits per heavy atom. The summed E-state index contributed by atoms with van der Waals surface area (Å²) in [5, 5.41) is 0. The molecule has 0 aliphatic carbocycles. The molecule has 0 bridgehead atoms. The molecule has 0 fully saturated rings. The number of ketones is 1. The first-order valence-electron chi connectivity index (χ1n) is 7.14. The SMILES string of the molecule is COc1ccc(C(=O)Oc2ccccc2C(=O)CN(C)C)cc1. The second kappa shape index (κ2) is 7.56. The third-order valence-corrected chi connectivity index (χ3v) is 3.18. The minimum absolute atomic E-state index is 0.104. The Hall–Kier alpha value is -2.66. The zero-order valence-corrected chi connectivity index (χ0v) is 13.4. The van der Waals surface area contributed by atoms with Crippen LogP contribution >= 0.6 is 0 Å². The third-order valence-electron chi connectivity index (χ3n) is 3.18. The Kier molecular flexibility index (Phi) is 5.49. The number of benzene rings is 2. The summed E-state index contributed by atoms with van der Waals surface area (Å²) in [6.45, 7) is 0.247. The smallest absolute Gasteiger partial charge is 0.343 e. The monoisotopic (exact) mass is 313 g/mol. The molecule has 120 valence electrons. The molecule has 2 aromatic rings. The topological polar surface area (TPSA) is 55.8 Å². The fourth-order valence-electron chi connectivity index (χ4n) is 2.04. The Morgan fingerprint density at radius 2 is 1.65 bits per heavy atom. The second-order valence-corrected chi connectivity index (χ2v) is 5.28. The lowest BCUT2D eigenvalue weighted by Gasteiger charge is -2.12. The summed E-state index contributed by atoms with van der Waals surface area (Å²) in [4.78, 5) is 26.2. The zero-order chi connectivity index (χ0) is 16.8. The summed E-state index contributed by atoms with van der Waals surface area (Å²) in [6.07, 6.45) is 0. The van der Waals surface area contributed by atoms with Crippen molar-refractivity contribution in [1.29, 1.82) is 0 Å². The predicted octanol–water partition coefficient (Wildman–Crippen LogP) is 2.66. The zero-order valence-electron chi connectivity index (χ0n) is 13.4. The molecule has 5 nitrogen and oxygen atoms in total. The maximum Gasteiger partial charge on any atom is 0.343 e. The van der Waals surface area contributed by atoms with Gasteiger partial charge in [-0.2, -0.15) is 0 Å². The number of ether oxygens (including phenoxy) is 2. The lowest BCUT2D eigenvalue weighted by atomic mass is 10.1. The Bertz CT molecular complexity index is 692. The van der Waals surface area contributed by atoms with Crippen molar-refractivity contribution in [2.45, 2.75) is 0 Å². The van der Waals surface area contributed by atoms with Crippen molar-refractivity contribution < 1.29 is 19.1 Å². The molecular weight excluding hydrogens is 294 g/mol. The first-order chi connectivity index (χ1) is 11.0. The Morgan fingerprint density at radius 1 is 1.00 bits per heavy atom. The molecule has 0 N–H and O–H groups in total. The molecule has 0 aromatic heterocycles. The largest absolute Gasteiger partial charge is 0.497 e. The van der Waals surface area contributed by atoms with E-state index < -0.39 is 5.97 Å². The molecule has 23 heavy (non-hydrogen) atoms. The Balaban J connectivity index is 2.18. The van der Waals surface area contributed by atoms with Gasteiger partial charge in [0.25, 0.3) is 0 Å². The number of likely N-dealkylation sites (N-methyl/N-ethyl adjacent to an activating group) is 1. The van der Waals surface area contributed by atoms with Crippen LogP contribution in [0.3, 0.4) is 0 Å². The lowest BCUT2D eigenvalue weighted by molar-refractivity contribution is 0.0732. The molecule has 0 aliphatic rings. The summed E-state index contributed by atoms with van der Waals surface area (Å²) in [6, 6.07) is 13.3. The average molecular weight is 313 g/mol. The van der Waals surface area contributed by atoms with E-state index >= 15 is 0 Å². The van der Waals surface area contributed by atoms with Crippen molar-refractivity contribution in [3.63, 3.8) is 0 Å². The summed E-state index contributed by atoms with van der Waals surface area (Å²) in [5.74, 6) is 0.300. The van der Waals surface area contributed by atoms with Crippen LogP contribution in [-0.2, 0) is 0 Å². The van der Waals surface area contributed by atoms with Gasteiger partial charge < -0.3 is 14.4 Å². The Labute approximate surface area is 135 Å². The van der Waals surface area contributed by atoms with Crippen LogP contribution in [0.15, 0.2) is 48.5 Å². The standard InChI is InChI=1S/C18H19NO4/c1-19(2)12-16(20)15-6-4-5-7-17(15)23-18(21)13-8-10-14(22-3)11-9-13/h4-11H,12H2,1-3H3. The van der Waals surface area contributed by atoms with Crippen molar-refractivity contribution in [1.82, 2.24) is 4.90 Å². The predicted molar refractivity (Wildman–Crippen MR) is 87.3 cm³/mol. The minimum Gasteiger partial charge on any atom is -0.497 e. The van der Waals surface area contributed by atoms with Gasteiger partial charge in [0.15, 0.2) is 5.78 Å². The molecule has 2 aromatic carbocycles. The van der Waals surface area contributed by atoms with E-state index in [9.17, 15) is 9.59 Å². The highest BCUT2D eigenvalue weighted by Crippen LogP contribution is 2.21. The van der Waals surface area contributed by atoms with Gasteiger partial charge in [0.2, 0.25) is 0 Å². The van der Waals surface area contributed by atoms with Crippen LogP contribution in [-0.4, -0.2) is 44.4 Å². The number of methoxy groups -OCH3 is 1. The molecule has 0 amide bonds. The summed E-state index contributed by atoms with van der Waals surface area (Å²) >= 11 is 0. The number of carbonyl (C=O) groups excluding carboxylic acids is 2. The van der Waals surface area contributed by atoms with E-state index in [0.717, 1.165) is 0 Å². The average Bonchev–Trinajstić information content (AvgIpc) is 2.54. The van der Waals surface area contributed by atoms with Crippen molar-refractivity contribution >= 4 is 11.8 Å². The highest BCUT2D eigenvalue weighted by molar-refractivity contribution is 6.01. The van der Waals surface area contributed by atoms with Crippen LogP contribution in [0.1, 0.15) is 20.7 Å². The van der Waals surface area contributed by atoms with Gasteiger partial charge in [-0.1, -0.05) is 12.1 Å². The molecule has 0 unspecified atom stereocenters. The molecular formula is C18H19NO4. The maximum absolute atomic E-state index is 12.2. The lowest BCUT2D eigenvalue weighted by Crippen LogP contribution is -2.22. The summed E-state index contributed by atoms with van der Waals surface area (Å²) in [5.41, 5.74) is 0.781. The minimum atomic E-state index is -0.516. The van der Waals surface area contributed by atoms with Crippen molar-refractivity contribution in [3.05, 3.63) is 59.7 Å². The number of Topliss-reactive ketones (excluding diaryl/α,β-unsaturated/α-hetero) is 1. The number of nitrogens with zero attached hydrogens (tertiary/aromatic N) is 1. The van der Waals surface area contributed by atoms with Crippen LogP contribution in [0, 0.1) is 0 Å². The van der Waals surface area contributed by atoms with E-state index in [2.05, 4.69) is 0 Å². The van der Waals surface area contributed by atoms with E-state index in [-0.39, 0.29) is 18.1 Å². The highest BCUT2D eigenvalue weighted by atomic mass is 16.5. The molecule has 0 saturated heterocycles. The van der Waals surface area contributed by atoms with Gasteiger partial charge in [-0.3, -0.25) is 4.79 Å². The van der Waals surface area contributed by atoms with Gasteiger partial charge in [0.1, 0.15) is 11.5 Å². The van der Waals surface area contributed by atoms with Gasteiger partial charge in [-0.05, 0) is 50.5 Å². The molecule has 0 radical (unpaired) electrons. The number of rotatable bonds is 6. The normalized spacial score (nSPS) is 10.4. The molecule has 5 heteroatoms. The summed E-state index contributed by atoms with van der Waals surface area (Å²) < 4.78 is 10.4. The number of para-hydroxylation sites is 1. The van der Waals surface area contributed by atoms with E-state index in [1.54, 1.807) is 60.5 Å². The van der Waals surface area contributed by atoms with Gasteiger partial charge >= 0.3 is 5.97 Å². The van der Waals surface area contributed by atoms with Crippen LogP contribution in [0.2, 0.25) is 0 Å². The first-order valence-corrected chi connectivity index (χ1v) is 7.14. The fourth-order valence-corrected chi connectivity index (χ4v) is 2.04. The first kappa shape index (κ1) is 16.7. The number of hydrogen-bond donors (Lipinski definition) is 0. The van der Waals surface area contributed by atoms with E-state index in [4.69, 9.17) is 9.47 Å². The number of carbonyl (C=O) groups is 2. The van der Waals surface area contributed by atoms with Gasteiger partial charge in [-0.15, -0.1) is 0 Å². The van der Waals surface area contributed by atoms with E-state index in [0.29, 0.717) is 16.9 Å². The van der Waals surface area contributed by atoms with E-state index in [1.807, 2.05) is 14.1 Å². The van der Waals surface area contributed by atoms with Crippen LogP contribution in [0.4, 0.5) is 0 Å². The van der Waals surface area contributed by atoms with Crippen LogP contribution in [0.5, 0.6) is 11.5 Å². The molecule has 0 heterocycles. The maximum atomic E-state index is 12.2. The van der Waals surface area contributed by atoms with E-state index in [1.165, 1.54) is 0 Å². The second-order valence-electron chi connectivity index (χ2n) is 5.28. The van der Waals surface area contributed by atoms with Gasteiger partial charge in [0, 0.05) is 0 Å². The molecule has 0 saturated carbocycles. The van der Waals surface area contributed by atoms with Crippen molar-refractivity contribution in [3.8, 4) is 11.5 Å². The number of hydrogen-bond acceptors (Lipinski definition) is 5. The van der Waals surface area contributed by atoms with Crippen molar-refractivity contribution in [2.75, 3.05) is 27.7 Å². The van der Waals surface area contributed by atoms with Crippen LogP contribution in [0.25, 0.3) is 0 Å². The molecule has 0 spiro atoms. The molecule has 2 rings (SSSR count). The third kappa shape index (κ3) is 4.40. The van der Waals surface area contributed by atoms with Gasteiger partial charge in [0.05, 0.1) is 24.8 Å². The van der Waals surface area contributed by atoms with Gasteiger partial charge in [-0.25, -0.2) is 4.79 Å². The summed E-state index contributed by atoms with van der Waals surface area (Å²) in [7, 11) is 5.17. The quantitative estimate of drug-likeness (QED) is 0.466.